The van der Waals surface area contributed by atoms with Crippen LogP contribution in [0.3, 0.4) is 0 Å². The van der Waals surface area contributed by atoms with Gasteiger partial charge in [0.15, 0.2) is 0 Å². The molecule has 0 atom stereocenters. The van der Waals surface area contributed by atoms with Gasteiger partial charge in [-0.15, -0.1) is 0 Å². The first-order valence-corrected chi connectivity index (χ1v) is 9.22. The van der Waals surface area contributed by atoms with Crippen LogP contribution in [-0.4, -0.2) is 18.8 Å². The quantitative estimate of drug-likeness (QED) is 0.832. The predicted molar refractivity (Wildman–Crippen MR) is 107 cm³/mol. The van der Waals surface area contributed by atoms with Crippen LogP contribution in [0.15, 0.2) is 64.9 Å². The van der Waals surface area contributed by atoms with E-state index in [1.165, 1.54) is 39.7 Å². The Bertz CT molecular complexity index is 874. The maximum atomic E-state index is 4.87. The molecular formula is C22H25N3. The molecule has 0 saturated heterocycles. The summed E-state index contributed by atoms with van der Waals surface area (Å²) in [5.41, 5.74) is 5.09. The van der Waals surface area contributed by atoms with Crippen LogP contribution in [0.4, 0.5) is 5.69 Å². The van der Waals surface area contributed by atoms with E-state index >= 15 is 0 Å². The minimum atomic E-state index is 0.909. The van der Waals surface area contributed by atoms with Crippen molar-refractivity contribution in [3.05, 3.63) is 65.5 Å². The fraction of sp³-hybridized carbons (Fsp3) is 0.318. The summed E-state index contributed by atoms with van der Waals surface area (Å²) >= 11 is 0. The molecular weight excluding hydrogens is 306 g/mol. The Morgan fingerprint density at radius 1 is 1.12 bits per heavy atom. The van der Waals surface area contributed by atoms with E-state index in [-0.39, 0.29) is 0 Å². The molecule has 2 aliphatic rings. The Labute approximate surface area is 149 Å². The highest BCUT2D eigenvalue weighted by molar-refractivity contribution is 5.88. The maximum Gasteiger partial charge on any atom is 0.129 e. The van der Waals surface area contributed by atoms with Crippen molar-refractivity contribution in [3.8, 4) is 0 Å². The summed E-state index contributed by atoms with van der Waals surface area (Å²) in [5, 5.41) is 9.58. The zero-order chi connectivity index (χ0) is 17.1. The highest BCUT2D eigenvalue weighted by Gasteiger charge is 2.12. The zero-order valence-electron chi connectivity index (χ0n) is 14.8. The molecule has 2 heterocycles. The lowest BCUT2D eigenvalue weighted by Crippen LogP contribution is -2.20. The first kappa shape index (κ1) is 15.9. The van der Waals surface area contributed by atoms with E-state index in [0.29, 0.717) is 0 Å². The summed E-state index contributed by atoms with van der Waals surface area (Å²) < 4.78 is 0. The van der Waals surface area contributed by atoms with E-state index in [1.807, 2.05) is 0 Å². The number of benzene rings is 2. The van der Waals surface area contributed by atoms with E-state index in [4.69, 9.17) is 4.99 Å². The van der Waals surface area contributed by atoms with Crippen LogP contribution in [0.1, 0.15) is 31.2 Å². The minimum absolute atomic E-state index is 0.909. The van der Waals surface area contributed by atoms with Crippen molar-refractivity contribution in [2.75, 3.05) is 18.4 Å². The van der Waals surface area contributed by atoms with Crippen LogP contribution in [0, 0.1) is 6.92 Å². The molecule has 2 N–H and O–H groups in total. The summed E-state index contributed by atoms with van der Waals surface area (Å²) in [6.07, 6.45) is 8.77. The number of nitrogens with one attached hydrogen (secondary N) is 2. The summed E-state index contributed by atoms with van der Waals surface area (Å²) in [6.45, 7) is 4.08. The molecule has 0 spiro atoms. The number of fused-ring (bicyclic) bond motifs is 1. The maximum absolute atomic E-state index is 4.87. The van der Waals surface area contributed by atoms with E-state index in [9.17, 15) is 0 Å². The highest BCUT2D eigenvalue weighted by atomic mass is 15.0. The van der Waals surface area contributed by atoms with Crippen molar-refractivity contribution in [3.63, 3.8) is 0 Å². The van der Waals surface area contributed by atoms with Crippen molar-refractivity contribution in [2.45, 2.75) is 32.6 Å². The molecule has 3 nitrogen and oxygen atoms in total. The molecule has 0 saturated carbocycles. The minimum Gasteiger partial charge on any atom is -0.385 e. The molecule has 128 valence electrons. The predicted octanol–water partition coefficient (Wildman–Crippen LogP) is 4.95. The first-order chi connectivity index (χ1) is 12.3. The third-order valence-electron chi connectivity index (χ3n) is 4.90. The van der Waals surface area contributed by atoms with Gasteiger partial charge >= 0.3 is 0 Å². The third kappa shape index (κ3) is 3.76. The second-order valence-electron chi connectivity index (χ2n) is 6.93. The Kier molecular flexibility index (Phi) is 4.55. The van der Waals surface area contributed by atoms with Gasteiger partial charge in [-0.1, -0.05) is 42.0 Å². The molecule has 2 aromatic rings. The molecule has 2 aromatic carbocycles. The second kappa shape index (κ2) is 7.14. The fourth-order valence-corrected chi connectivity index (χ4v) is 3.52. The number of allylic oxidation sites excluding steroid dienone is 3. The lowest BCUT2D eigenvalue weighted by atomic mass is 10.1. The van der Waals surface area contributed by atoms with Crippen LogP contribution >= 0.6 is 0 Å². The Morgan fingerprint density at radius 2 is 2.00 bits per heavy atom. The Morgan fingerprint density at radius 3 is 2.96 bits per heavy atom. The number of aryl methyl sites for hydroxylation is 1. The number of nitrogens with zero attached hydrogens (tertiary/aromatic N) is 1. The van der Waals surface area contributed by atoms with E-state index in [1.54, 1.807) is 0 Å². The number of anilines is 1. The standard InChI is InChI=1S/C22H25N3/c1-16-7-8-19-15-21(10-9-18(19)14-16)23-13-11-20-6-2-4-17-5-3-12-24-22(17)25-20/h2,4,7-10,14-15,23-24H,3,5-6,11-13H2,1H3. The Hall–Kier alpha value is -2.55. The van der Waals surface area contributed by atoms with Gasteiger partial charge in [-0.2, -0.15) is 0 Å². The van der Waals surface area contributed by atoms with E-state index in [2.05, 4.69) is 66.1 Å². The molecule has 0 fully saturated rings. The number of rotatable bonds is 4. The SMILES string of the molecule is Cc1ccc2cc(NCCC3=NC4=C(C=CC3)CCCN4)ccc2c1. The van der Waals surface area contributed by atoms with Crippen molar-refractivity contribution in [1.82, 2.24) is 5.32 Å². The van der Waals surface area contributed by atoms with E-state index < -0.39 is 0 Å². The van der Waals surface area contributed by atoms with Gasteiger partial charge in [0, 0.05) is 37.3 Å². The fourth-order valence-electron chi connectivity index (χ4n) is 3.52. The molecule has 0 radical (unpaired) electrons. The lowest BCUT2D eigenvalue weighted by molar-refractivity contribution is 0.665. The van der Waals surface area contributed by atoms with Gasteiger partial charge in [0.05, 0.1) is 0 Å². The van der Waals surface area contributed by atoms with Crippen LogP contribution < -0.4 is 10.6 Å². The lowest BCUT2D eigenvalue weighted by Gasteiger charge is -2.16. The summed E-state index contributed by atoms with van der Waals surface area (Å²) in [7, 11) is 0. The van der Waals surface area contributed by atoms with Crippen LogP contribution in [-0.2, 0) is 0 Å². The molecule has 0 bridgehead atoms. The monoisotopic (exact) mass is 331 g/mol. The highest BCUT2D eigenvalue weighted by Crippen LogP contribution is 2.22. The summed E-state index contributed by atoms with van der Waals surface area (Å²) in [6, 6.07) is 13.2. The third-order valence-corrected chi connectivity index (χ3v) is 4.90. The van der Waals surface area contributed by atoms with Crippen molar-refractivity contribution < 1.29 is 0 Å². The average Bonchev–Trinajstić information content (AvgIpc) is 2.83. The van der Waals surface area contributed by atoms with Gasteiger partial charge in [0.2, 0.25) is 0 Å². The van der Waals surface area contributed by atoms with Crippen LogP contribution in [0.5, 0.6) is 0 Å². The summed E-state index contributed by atoms with van der Waals surface area (Å²) in [4.78, 5) is 4.87. The molecule has 0 aliphatic carbocycles. The molecule has 0 unspecified atom stereocenters. The molecule has 0 aromatic heterocycles. The normalized spacial score (nSPS) is 16.9. The largest absolute Gasteiger partial charge is 0.385 e. The number of hydrogen-bond donors (Lipinski definition) is 2. The van der Waals surface area contributed by atoms with Crippen LogP contribution in [0.25, 0.3) is 10.8 Å². The van der Waals surface area contributed by atoms with Gasteiger partial charge < -0.3 is 10.6 Å². The van der Waals surface area contributed by atoms with Crippen molar-refractivity contribution >= 4 is 22.2 Å². The van der Waals surface area contributed by atoms with Gasteiger partial charge in [0.25, 0.3) is 0 Å². The van der Waals surface area contributed by atoms with Gasteiger partial charge in [-0.3, -0.25) is 0 Å². The topological polar surface area (TPSA) is 36.4 Å². The smallest absolute Gasteiger partial charge is 0.129 e. The first-order valence-electron chi connectivity index (χ1n) is 9.22. The number of hydrogen-bond acceptors (Lipinski definition) is 3. The van der Waals surface area contributed by atoms with E-state index in [0.717, 1.165) is 38.2 Å². The summed E-state index contributed by atoms with van der Waals surface area (Å²) in [5.74, 6) is 1.09. The van der Waals surface area contributed by atoms with Gasteiger partial charge in [-0.25, -0.2) is 4.99 Å². The Balaban J connectivity index is 1.40. The van der Waals surface area contributed by atoms with Crippen LogP contribution in [0.2, 0.25) is 0 Å². The molecule has 4 rings (SSSR count). The molecule has 3 heteroatoms. The average molecular weight is 331 g/mol. The van der Waals surface area contributed by atoms with Gasteiger partial charge in [-0.05, 0) is 48.2 Å². The molecule has 25 heavy (non-hydrogen) atoms. The van der Waals surface area contributed by atoms with Crippen molar-refractivity contribution in [1.29, 1.82) is 0 Å². The molecule has 0 amide bonds. The zero-order valence-corrected chi connectivity index (χ0v) is 14.8. The second-order valence-corrected chi connectivity index (χ2v) is 6.93. The number of aliphatic imine (C=N–C) groups is 1. The molecule has 2 aliphatic heterocycles. The van der Waals surface area contributed by atoms with Crippen molar-refractivity contribution in [2.24, 2.45) is 4.99 Å². The van der Waals surface area contributed by atoms with Gasteiger partial charge in [0.1, 0.15) is 5.82 Å².